The van der Waals surface area contributed by atoms with Gasteiger partial charge in [-0.2, -0.15) is 0 Å². The number of methoxy groups -OCH3 is 1. The fraction of sp³-hybridized carbons (Fsp3) is 0.292. The van der Waals surface area contributed by atoms with E-state index in [1.807, 2.05) is 0 Å². The van der Waals surface area contributed by atoms with Crippen LogP contribution in [0.2, 0.25) is 0 Å². The molecule has 4 aromatic heterocycles. The second-order valence-electron chi connectivity index (χ2n) is 8.47. The largest absolute Gasteiger partial charge is 0.466 e. The quantitative estimate of drug-likeness (QED) is 0.273. The molecule has 0 unspecified atom stereocenters. The topological polar surface area (TPSA) is 80.1 Å². The minimum absolute atomic E-state index is 0.0146. The molecule has 0 fully saturated rings. The average molecular weight is 513 g/mol. The minimum atomic E-state index is -0.438. The lowest BCUT2D eigenvalue weighted by molar-refractivity contribution is -0.134. The second kappa shape index (κ2) is 7.53. The number of esters is 1. The minimum Gasteiger partial charge on any atom is -0.466 e. The van der Waals surface area contributed by atoms with E-state index in [1.54, 1.807) is 45.6 Å². The van der Waals surface area contributed by atoms with Crippen molar-refractivity contribution in [2.75, 3.05) is 20.7 Å². The Kier molecular flexibility index (Phi) is 4.78. The van der Waals surface area contributed by atoms with Crippen LogP contribution < -0.4 is 0 Å². The Morgan fingerprint density at radius 3 is 2.53 bits per heavy atom. The van der Waals surface area contributed by atoms with Crippen LogP contribution in [0.15, 0.2) is 16.6 Å². The molecular formula is C24H20N2O5S3. The molecule has 0 bridgehead atoms. The van der Waals surface area contributed by atoms with Crippen LogP contribution in [0.5, 0.6) is 0 Å². The number of amides is 2. The van der Waals surface area contributed by atoms with Crippen molar-refractivity contribution in [3.8, 4) is 9.75 Å². The van der Waals surface area contributed by atoms with Gasteiger partial charge in [0.25, 0.3) is 11.8 Å². The molecule has 0 saturated heterocycles. The van der Waals surface area contributed by atoms with E-state index in [1.165, 1.54) is 29.4 Å². The summed E-state index contributed by atoms with van der Waals surface area (Å²) in [5.41, 5.74) is 2.78. The Balaban J connectivity index is 1.46. The number of aryl methyl sites for hydroxylation is 2. The van der Waals surface area contributed by atoms with Gasteiger partial charge in [-0.25, -0.2) is 4.79 Å². The summed E-state index contributed by atoms with van der Waals surface area (Å²) >= 11 is 4.93. The molecule has 0 saturated carbocycles. The molecule has 0 aromatic carbocycles. The van der Waals surface area contributed by atoms with Crippen molar-refractivity contribution < 1.29 is 23.5 Å². The van der Waals surface area contributed by atoms with Crippen molar-refractivity contribution in [1.82, 2.24) is 9.80 Å². The summed E-state index contributed by atoms with van der Waals surface area (Å²) in [5, 5.41) is 2.16. The molecule has 10 heteroatoms. The van der Waals surface area contributed by atoms with E-state index >= 15 is 0 Å². The first-order chi connectivity index (χ1) is 16.3. The molecule has 4 aromatic rings. The predicted octanol–water partition coefficient (Wildman–Crippen LogP) is 5.32. The number of nitrogens with zero attached hydrogens (tertiary/aromatic N) is 2. The average Bonchev–Trinajstić information content (AvgIpc) is 3.60. The molecule has 0 atom stereocenters. The SMILES string of the molecule is COC(=O)C=CCN1Cc2c(sc3c(C)sc(-c4sc(C)c5c6c(oc45)C(=O)N(C)C6)c23)C1=O. The number of hydrogen-bond acceptors (Lipinski definition) is 8. The van der Waals surface area contributed by atoms with Gasteiger partial charge in [0.2, 0.25) is 0 Å². The fourth-order valence-electron chi connectivity index (χ4n) is 4.79. The smallest absolute Gasteiger partial charge is 0.330 e. The van der Waals surface area contributed by atoms with Crippen LogP contribution in [0.1, 0.15) is 41.1 Å². The normalized spacial score (nSPS) is 15.5. The number of ether oxygens (including phenoxy) is 1. The number of fused-ring (bicyclic) bond motifs is 6. The first kappa shape index (κ1) is 21.6. The molecule has 0 aliphatic carbocycles. The lowest BCUT2D eigenvalue weighted by Gasteiger charge is -2.12. The van der Waals surface area contributed by atoms with Crippen molar-refractivity contribution in [3.05, 3.63) is 43.7 Å². The van der Waals surface area contributed by atoms with Crippen molar-refractivity contribution in [2.24, 2.45) is 0 Å². The molecule has 0 spiro atoms. The van der Waals surface area contributed by atoms with Crippen LogP contribution in [0.25, 0.3) is 30.8 Å². The number of rotatable bonds is 4. The Bertz CT molecular complexity index is 1580. The number of furan rings is 1. The molecule has 2 amide bonds. The van der Waals surface area contributed by atoms with Crippen LogP contribution in [0, 0.1) is 13.8 Å². The van der Waals surface area contributed by atoms with Gasteiger partial charge in [-0.15, -0.1) is 34.0 Å². The predicted molar refractivity (Wildman–Crippen MR) is 134 cm³/mol. The third-order valence-corrected chi connectivity index (χ3v) is 10.2. The number of carbonyl (C=O) groups is 3. The zero-order chi connectivity index (χ0) is 23.9. The van der Waals surface area contributed by atoms with Crippen molar-refractivity contribution in [1.29, 1.82) is 0 Å². The lowest BCUT2D eigenvalue weighted by atomic mass is 10.1. The van der Waals surface area contributed by atoms with E-state index in [0.717, 1.165) is 51.7 Å². The zero-order valence-corrected chi connectivity index (χ0v) is 21.4. The maximum Gasteiger partial charge on any atom is 0.330 e. The standard InChI is InChI=1S/C24H20N2O5S3/c1-10-15-12-8-25(3)23(28)17(12)31-18(15)22(32-10)21-16-13-9-26(7-5-6-14(27)30-4)24(29)20(13)34-19(16)11(2)33-21/h5-6H,7-9H2,1-4H3. The van der Waals surface area contributed by atoms with E-state index in [9.17, 15) is 14.4 Å². The monoisotopic (exact) mass is 512 g/mol. The molecule has 6 heterocycles. The van der Waals surface area contributed by atoms with E-state index in [4.69, 9.17) is 4.42 Å². The second-order valence-corrected chi connectivity index (χ2v) is 11.9. The van der Waals surface area contributed by atoms with Gasteiger partial charge in [0.05, 0.1) is 28.3 Å². The molecule has 6 rings (SSSR count). The van der Waals surface area contributed by atoms with Gasteiger partial charge >= 0.3 is 5.97 Å². The first-order valence-electron chi connectivity index (χ1n) is 10.7. The fourth-order valence-corrected chi connectivity index (χ4v) is 8.60. The molecule has 34 heavy (non-hydrogen) atoms. The highest BCUT2D eigenvalue weighted by molar-refractivity contribution is 7.29. The summed E-state index contributed by atoms with van der Waals surface area (Å²) in [6.45, 7) is 5.56. The van der Waals surface area contributed by atoms with Crippen LogP contribution >= 0.6 is 34.0 Å². The summed E-state index contributed by atoms with van der Waals surface area (Å²) in [6.07, 6.45) is 3.00. The van der Waals surface area contributed by atoms with Crippen molar-refractivity contribution >= 4 is 72.8 Å². The zero-order valence-electron chi connectivity index (χ0n) is 18.9. The summed E-state index contributed by atoms with van der Waals surface area (Å²) in [7, 11) is 3.11. The van der Waals surface area contributed by atoms with Gasteiger partial charge in [0.1, 0.15) is 0 Å². The molecule has 0 N–H and O–H groups in total. The van der Waals surface area contributed by atoms with Gasteiger partial charge in [0.15, 0.2) is 11.3 Å². The first-order valence-corrected chi connectivity index (χ1v) is 13.1. The van der Waals surface area contributed by atoms with Crippen molar-refractivity contribution in [3.63, 3.8) is 0 Å². The maximum absolute atomic E-state index is 13.1. The number of thiophene rings is 3. The molecule has 2 aliphatic heterocycles. The lowest BCUT2D eigenvalue weighted by Crippen LogP contribution is -2.23. The Morgan fingerprint density at radius 1 is 1.00 bits per heavy atom. The van der Waals surface area contributed by atoms with Crippen molar-refractivity contribution in [2.45, 2.75) is 26.9 Å². The summed E-state index contributed by atoms with van der Waals surface area (Å²) < 4.78 is 11.9. The van der Waals surface area contributed by atoms with Gasteiger partial charge in [-0.1, -0.05) is 6.08 Å². The summed E-state index contributed by atoms with van der Waals surface area (Å²) in [6, 6.07) is 0. The van der Waals surface area contributed by atoms with E-state index in [0.29, 0.717) is 25.4 Å². The highest BCUT2D eigenvalue weighted by Crippen LogP contribution is 2.53. The highest BCUT2D eigenvalue weighted by Gasteiger charge is 2.37. The van der Waals surface area contributed by atoms with E-state index in [2.05, 4.69) is 18.6 Å². The van der Waals surface area contributed by atoms with Gasteiger partial charge in [0, 0.05) is 62.6 Å². The number of hydrogen-bond donors (Lipinski definition) is 0. The Morgan fingerprint density at radius 2 is 1.76 bits per heavy atom. The van der Waals surface area contributed by atoms with Crippen LogP contribution in [0.3, 0.4) is 0 Å². The van der Waals surface area contributed by atoms with Crippen LogP contribution in [-0.2, 0) is 22.6 Å². The van der Waals surface area contributed by atoms with E-state index < -0.39 is 5.97 Å². The molecule has 174 valence electrons. The summed E-state index contributed by atoms with van der Waals surface area (Å²) in [4.78, 5) is 45.6. The van der Waals surface area contributed by atoms with E-state index in [-0.39, 0.29) is 11.8 Å². The third kappa shape index (κ3) is 2.88. The van der Waals surface area contributed by atoms with Gasteiger partial charge < -0.3 is 19.0 Å². The van der Waals surface area contributed by atoms with Crippen LogP contribution in [0.4, 0.5) is 0 Å². The molecule has 7 nitrogen and oxygen atoms in total. The molecule has 0 radical (unpaired) electrons. The summed E-state index contributed by atoms with van der Waals surface area (Å²) in [5.74, 6) is -0.0824. The van der Waals surface area contributed by atoms with Gasteiger partial charge in [-0.3, -0.25) is 9.59 Å². The number of carbonyl (C=O) groups excluding carboxylic acids is 3. The van der Waals surface area contributed by atoms with Gasteiger partial charge in [-0.05, 0) is 13.8 Å². The molecular weight excluding hydrogens is 492 g/mol. The molecule has 2 aliphatic rings. The third-order valence-electron chi connectivity index (χ3n) is 6.38. The Labute approximate surface area is 206 Å². The Hall–Kier alpha value is -2.95. The van der Waals surface area contributed by atoms with Crippen LogP contribution in [-0.4, -0.2) is 48.3 Å². The maximum atomic E-state index is 13.1. The highest BCUT2D eigenvalue weighted by atomic mass is 32.1.